The lowest BCUT2D eigenvalue weighted by Crippen LogP contribution is -2.13. The van der Waals surface area contributed by atoms with E-state index in [1.165, 1.54) is 16.0 Å². The maximum atomic E-state index is 12.5. The molecule has 2 N–H and O–H groups in total. The molecule has 0 radical (unpaired) electrons. The number of anilines is 1. The Labute approximate surface area is 178 Å². The number of amides is 1. The third-order valence-corrected chi connectivity index (χ3v) is 7.33. The largest absolute Gasteiger partial charge is 0.326 e. The molecule has 1 amide bonds. The highest BCUT2D eigenvalue weighted by Gasteiger charge is 2.21. The molecule has 0 bridgehead atoms. The van der Waals surface area contributed by atoms with Crippen LogP contribution in [0.5, 0.6) is 0 Å². The number of aromatic amines is 1. The lowest BCUT2D eigenvalue weighted by Gasteiger charge is -2.09. The number of hydrogen-bond donors (Lipinski definition) is 2. The van der Waals surface area contributed by atoms with Crippen LogP contribution in [0.2, 0.25) is 0 Å². The number of nitrogens with zero attached hydrogens (tertiary/aromatic N) is 1. The van der Waals surface area contributed by atoms with E-state index < -0.39 is 0 Å². The summed E-state index contributed by atoms with van der Waals surface area (Å²) in [4.78, 5) is 34.5. The molecule has 1 aliphatic rings. The first-order valence-corrected chi connectivity index (χ1v) is 12.0. The van der Waals surface area contributed by atoms with Crippen LogP contribution in [-0.2, 0) is 23.4 Å². The molecule has 1 aromatic carbocycles. The summed E-state index contributed by atoms with van der Waals surface area (Å²) in [5.41, 5.74) is 3.24. The van der Waals surface area contributed by atoms with Gasteiger partial charge in [0.2, 0.25) is 5.91 Å². The van der Waals surface area contributed by atoms with Crippen molar-refractivity contribution in [2.24, 2.45) is 0 Å². The normalized spacial score (nSPS) is 13.2. The molecule has 29 heavy (non-hydrogen) atoms. The number of aryl methyl sites for hydroxylation is 2. The summed E-state index contributed by atoms with van der Waals surface area (Å²) in [5, 5.41) is 3.76. The zero-order chi connectivity index (χ0) is 20.4. The number of thiophene rings is 1. The maximum absolute atomic E-state index is 12.5. The molecule has 2 aromatic heterocycles. The summed E-state index contributed by atoms with van der Waals surface area (Å²) in [6, 6.07) is 7.98. The molecule has 7 heteroatoms. The number of fused-ring (bicyclic) bond motifs is 3. The first-order chi connectivity index (χ1) is 14.0. The van der Waals surface area contributed by atoms with E-state index in [1.807, 2.05) is 18.2 Å². The SMILES string of the molecule is CC(C)c1cccc(NC(=O)CCSCc2nc3sc4c(c3c(=O)[nH]2)CCC4)c1. The Morgan fingerprint density at radius 1 is 1.34 bits per heavy atom. The Balaban J connectivity index is 1.30. The average Bonchev–Trinajstić information content (AvgIpc) is 3.26. The summed E-state index contributed by atoms with van der Waals surface area (Å²) in [6.07, 6.45) is 3.62. The first kappa shape index (κ1) is 20.2. The van der Waals surface area contributed by atoms with Crippen molar-refractivity contribution in [1.29, 1.82) is 0 Å². The lowest BCUT2D eigenvalue weighted by atomic mass is 10.0. The molecule has 3 aromatic rings. The van der Waals surface area contributed by atoms with Crippen molar-refractivity contribution in [1.82, 2.24) is 9.97 Å². The standard InChI is InChI=1S/C22H25N3O2S2/c1-13(2)14-5-3-6-15(11-14)23-19(26)9-10-28-12-18-24-21(27)20-16-7-4-8-17(16)29-22(20)25-18/h3,5-6,11,13H,4,7-10,12H2,1-2H3,(H,23,26)(H,24,25,27). The van der Waals surface area contributed by atoms with E-state index >= 15 is 0 Å². The molecule has 0 saturated carbocycles. The molecular weight excluding hydrogens is 402 g/mol. The van der Waals surface area contributed by atoms with Crippen molar-refractivity contribution >= 4 is 44.9 Å². The van der Waals surface area contributed by atoms with Crippen LogP contribution < -0.4 is 10.9 Å². The van der Waals surface area contributed by atoms with Crippen LogP contribution in [0, 0.1) is 0 Å². The van der Waals surface area contributed by atoms with Crippen LogP contribution in [-0.4, -0.2) is 21.6 Å². The van der Waals surface area contributed by atoms with Gasteiger partial charge in [-0.2, -0.15) is 11.8 Å². The smallest absolute Gasteiger partial charge is 0.259 e. The second-order valence-corrected chi connectivity index (χ2v) is 9.87. The summed E-state index contributed by atoms with van der Waals surface area (Å²) in [7, 11) is 0. The fraction of sp³-hybridized carbons (Fsp3) is 0.409. The van der Waals surface area contributed by atoms with Crippen molar-refractivity contribution in [2.45, 2.75) is 51.2 Å². The van der Waals surface area contributed by atoms with Gasteiger partial charge >= 0.3 is 0 Å². The molecule has 0 atom stereocenters. The van der Waals surface area contributed by atoms with Gasteiger partial charge < -0.3 is 10.3 Å². The number of hydrogen-bond acceptors (Lipinski definition) is 5. The van der Waals surface area contributed by atoms with Crippen LogP contribution in [0.1, 0.15) is 54.4 Å². The molecule has 0 unspecified atom stereocenters. The van der Waals surface area contributed by atoms with Crippen molar-refractivity contribution in [2.75, 3.05) is 11.1 Å². The predicted molar refractivity (Wildman–Crippen MR) is 122 cm³/mol. The topological polar surface area (TPSA) is 74.8 Å². The van der Waals surface area contributed by atoms with E-state index in [4.69, 9.17) is 0 Å². The third kappa shape index (κ3) is 4.56. The third-order valence-electron chi connectivity index (χ3n) is 5.17. The molecule has 5 nitrogen and oxygen atoms in total. The van der Waals surface area contributed by atoms with E-state index in [-0.39, 0.29) is 11.5 Å². The van der Waals surface area contributed by atoms with Gasteiger partial charge in [-0.1, -0.05) is 26.0 Å². The summed E-state index contributed by atoms with van der Waals surface area (Å²) in [5.74, 6) is 2.41. The number of nitrogens with one attached hydrogen (secondary N) is 2. The van der Waals surface area contributed by atoms with Crippen LogP contribution in [0.25, 0.3) is 10.2 Å². The maximum Gasteiger partial charge on any atom is 0.259 e. The molecule has 152 valence electrons. The first-order valence-electron chi connectivity index (χ1n) is 10.0. The Kier molecular flexibility index (Phi) is 6.06. The molecule has 0 aliphatic heterocycles. The minimum Gasteiger partial charge on any atom is -0.326 e. The van der Waals surface area contributed by atoms with Gasteiger partial charge in [0.25, 0.3) is 5.56 Å². The molecule has 0 spiro atoms. The van der Waals surface area contributed by atoms with Gasteiger partial charge in [0, 0.05) is 22.7 Å². The van der Waals surface area contributed by atoms with Crippen LogP contribution in [0.3, 0.4) is 0 Å². The highest BCUT2D eigenvalue weighted by molar-refractivity contribution is 7.98. The Morgan fingerprint density at radius 3 is 3.03 bits per heavy atom. The van der Waals surface area contributed by atoms with E-state index in [0.29, 0.717) is 29.7 Å². The number of rotatable bonds is 7. The highest BCUT2D eigenvalue weighted by atomic mass is 32.2. The van der Waals surface area contributed by atoms with Gasteiger partial charge in [-0.05, 0) is 48.4 Å². The number of aromatic nitrogens is 2. The second-order valence-electron chi connectivity index (χ2n) is 7.68. The molecular formula is C22H25N3O2S2. The van der Waals surface area contributed by atoms with E-state index in [0.717, 1.165) is 35.2 Å². The molecule has 2 heterocycles. The number of thioether (sulfide) groups is 1. The zero-order valence-electron chi connectivity index (χ0n) is 16.7. The summed E-state index contributed by atoms with van der Waals surface area (Å²) < 4.78 is 0. The van der Waals surface area contributed by atoms with Crippen LogP contribution >= 0.6 is 23.1 Å². The molecule has 4 rings (SSSR count). The predicted octanol–water partition coefficient (Wildman–Crippen LogP) is 4.86. The Morgan fingerprint density at radius 2 is 2.21 bits per heavy atom. The van der Waals surface area contributed by atoms with Crippen LogP contribution in [0.15, 0.2) is 29.1 Å². The van der Waals surface area contributed by atoms with Gasteiger partial charge in [0.05, 0.1) is 11.1 Å². The zero-order valence-corrected chi connectivity index (χ0v) is 18.3. The fourth-order valence-electron chi connectivity index (χ4n) is 3.65. The van der Waals surface area contributed by atoms with Crippen molar-refractivity contribution in [3.8, 4) is 0 Å². The lowest BCUT2D eigenvalue weighted by molar-refractivity contribution is -0.115. The Bertz CT molecular complexity index is 1100. The van der Waals surface area contributed by atoms with Crippen molar-refractivity contribution in [3.63, 3.8) is 0 Å². The van der Waals surface area contributed by atoms with Gasteiger partial charge in [0.1, 0.15) is 10.7 Å². The highest BCUT2D eigenvalue weighted by Crippen LogP contribution is 2.34. The van der Waals surface area contributed by atoms with E-state index in [2.05, 4.69) is 35.2 Å². The van der Waals surface area contributed by atoms with Gasteiger partial charge in [0.15, 0.2) is 0 Å². The number of benzene rings is 1. The van der Waals surface area contributed by atoms with E-state index in [9.17, 15) is 9.59 Å². The quantitative estimate of drug-likeness (QED) is 0.528. The number of carbonyl (C=O) groups excluding carboxylic acids is 1. The van der Waals surface area contributed by atoms with E-state index in [1.54, 1.807) is 23.1 Å². The minimum absolute atomic E-state index is 0.00462. The fourth-order valence-corrected chi connectivity index (χ4v) is 5.73. The number of carbonyl (C=O) groups is 1. The molecule has 0 fully saturated rings. The number of H-pyrrole nitrogens is 1. The monoisotopic (exact) mass is 427 g/mol. The average molecular weight is 428 g/mol. The van der Waals surface area contributed by atoms with Crippen molar-refractivity contribution in [3.05, 3.63) is 56.4 Å². The molecule has 1 aliphatic carbocycles. The van der Waals surface area contributed by atoms with Gasteiger partial charge in [-0.15, -0.1) is 11.3 Å². The van der Waals surface area contributed by atoms with Crippen molar-refractivity contribution < 1.29 is 4.79 Å². The van der Waals surface area contributed by atoms with Gasteiger partial charge in [-0.3, -0.25) is 9.59 Å². The molecule has 0 saturated heterocycles. The summed E-state index contributed by atoms with van der Waals surface area (Å²) >= 11 is 3.27. The minimum atomic E-state index is -0.0206. The van der Waals surface area contributed by atoms with Crippen LogP contribution in [0.4, 0.5) is 5.69 Å². The summed E-state index contributed by atoms with van der Waals surface area (Å²) in [6.45, 7) is 4.27. The second kappa shape index (κ2) is 8.71. The van der Waals surface area contributed by atoms with Gasteiger partial charge in [-0.25, -0.2) is 4.98 Å². The Hall–Kier alpha value is -2.12.